The fourth-order valence-corrected chi connectivity index (χ4v) is 2.93. The quantitative estimate of drug-likeness (QED) is 0.365. The normalized spacial score (nSPS) is 27.9. The topological polar surface area (TPSA) is 148 Å². The van der Waals surface area contributed by atoms with Gasteiger partial charge in [0, 0.05) is 11.1 Å². The van der Waals surface area contributed by atoms with Gasteiger partial charge >= 0.3 is 11.8 Å². The zero-order valence-corrected chi connectivity index (χ0v) is 14.1. The fraction of sp³-hybridized carbons (Fsp3) is 0.333. The summed E-state index contributed by atoms with van der Waals surface area (Å²) in [6.45, 7) is -0.639. The highest BCUT2D eigenvalue weighted by Crippen LogP contribution is 2.23. The molecule has 2 aromatic rings. The third kappa shape index (κ3) is 3.92. The molecule has 0 saturated carbocycles. The Kier molecular flexibility index (Phi) is 5.68. The van der Waals surface area contributed by atoms with E-state index in [4.69, 9.17) is 9.84 Å². The van der Waals surface area contributed by atoms with Gasteiger partial charge in [0.1, 0.15) is 24.4 Å². The van der Waals surface area contributed by atoms with Gasteiger partial charge in [-0.2, -0.15) is 0 Å². The van der Waals surface area contributed by atoms with E-state index in [-0.39, 0.29) is 0 Å². The van der Waals surface area contributed by atoms with Gasteiger partial charge in [-0.3, -0.25) is 9.59 Å². The standard InChI is InChI=1S/C18H20N2O7/c21-8-12-13(22)14(23)15(24)18(27-12)20-17(26)16(25)19-11-7-3-5-9-4-1-2-6-10(9)11/h1-7,12-15,18,21-24H,8H2,(H,19,25)(H,20,26)/t12-,13-,14+,15-,18-/m1/s1. The Balaban J connectivity index is 1.69. The van der Waals surface area contributed by atoms with Crippen molar-refractivity contribution < 1.29 is 34.8 Å². The lowest BCUT2D eigenvalue weighted by molar-refractivity contribution is -0.235. The minimum Gasteiger partial charge on any atom is -0.394 e. The van der Waals surface area contributed by atoms with Gasteiger partial charge in [0.05, 0.1) is 6.61 Å². The van der Waals surface area contributed by atoms with Crippen LogP contribution in [0.2, 0.25) is 0 Å². The Morgan fingerprint density at radius 3 is 2.37 bits per heavy atom. The first kappa shape index (κ1) is 19.2. The second kappa shape index (κ2) is 7.99. The highest BCUT2D eigenvalue weighted by Gasteiger charge is 2.44. The Labute approximate surface area is 154 Å². The summed E-state index contributed by atoms with van der Waals surface area (Å²) in [5, 5.41) is 44.8. The van der Waals surface area contributed by atoms with Gasteiger partial charge in [-0.05, 0) is 11.5 Å². The van der Waals surface area contributed by atoms with Gasteiger partial charge in [-0.1, -0.05) is 36.4 Å². The van der Waals surface area contributed by atoms with Crippen molar-refractivity contribution in [3.63, 3.8) is 0 Å². The third-order valence-electron chi connectivity index (χ3n) is 4.41. The lowest BCUT2D eigenvalue weighted by Gasteiger charge is -2.39. The van der Waals surface area contributed by atoms with Crippen molar-refractivity contribution in [2.75, 3.05) is 11.9 Å². The van der Waals surface area contributed by atoms with E-state index in [0.717, 1.165) is 10.8 Å². The van der Waals surface area contributed by atoms with Crippen molar-refractivity contribution in [1.29, 1.82) is 0 Å². The lowest BCUT2D eigenvalue weighted by Crippen LogP contribution is -2.63. The molecule has 144 valence electrons. The SMILES string of the molecule is O=C(Nc1cccc2ccccc12)C(=O)N[C@@H]1O[C@H](CO)[C@@H](O)[C@H](O)[C@H]1O. The Hall–Kier alpha value is -2.56. The number of ether oxygens (including phenoxy) is 1. The molecule has 5 atom stereocenters. The van der Waals surface area contributed by atoms with E-state index in [1.165, 1.54) is 0 Å². The number of aliphatic hydroxyl groups excluding tert-OH is 4. The largest absolute Gasteiger partial charge is 0.394 e. The van der Waals surface area contributed by atoms with Crippen molar-refractivity contribution in [3.8, 4) is 0 Å². The number of carbonyl (C=O) groups is 2. The van der Waals surface area contributed by atoms with Crippen LogP contribution in [0.1, 0.15) is 0 Å². The summed E-state index contributed by atoms with van der Waals surface area (Å²) in [5.74, 6) is -2.10. The monoisotopic (exact) mass is 376 g/mol. The Morgan fingerprint density at radius 1 is 0.926 bits per heavy atom. The van der Waals surface area contributed by atoms with E-state index < -0.39 is 49.1 Å². The molecule has 9 heteroatoms. The molecule has 1 aliphatic heterocycles. The van der Waals surface area contributed by atoms with E-state index in [0.29, 0.717) is 5.69 Å². The van der Waals surface area contributed by atoms with Crippen molar-refractivity contribution in [1.82, 2.24) is 5.32 Å². The van der Waals surface area contributed by atoms with Crippen LogP contribution < -0.4 is 10.6 Å². The van der Waals surface area contributed by atoms with Gasteiger partial charge in [0.25, 0.3) is 0 Å². The number of carbonyl (C=O) groups excluding carboxylic acids is 2. The van der Waals surface area contributed by atoms with Crippen LogP contribution in [-0.2, 0) is 14.3 Å². The molecule has 2 amide bonds. The first-order valence-electron chi connectivity index (χ1n) is 8.32. The molecule has 1 fully saturated rings. The maximum absolute atomic E-state index is 12.2. The summed E-state index contributed by atoms with van der Waals surface area (Å²) in [5.41, 5.74) is 0.432. The molecule has 1 aliphatic rings. The predicted octanol–water partition coefficient (Wildman–Crippen LogP) is -1.31. The summed E-state index contributed by atoms with van der Waals surface area (Å²) in [6.07, 6.45) is -7.52. The number of nitrogens with one attached hydrogen (secondary N) is 2. The Bertz CT molecular complexity index is 836. The van der Waals surface area contributed by atoms with E-state index in [9.17, 15) is 24.9 Å². The molecule has 1 heterocycles. The average Bonchev–Trinajstić information content (AvgIpc) is 2.68. The van der Waals surface area contributed by atoms with Crippen LogP contribution in [0.25, 0.3) is 10.8 Å². The summed E-state index contributed by atoms with van der Waals surface area (Å²) in [6, 6.07) is 12.5. The molecule has 0 radical (unpaired) electrons. The molecule has 3 rings (SSSR count). The van der Waals surface area contributed by atoms with Gasteiger partial charge in [-0.15, -0.1) is 0 Å². The van der Waals surface area contributed by atoms with Gasteiger partial charge in [-0.25, -0.2) is 0 Å². The third-order valence-corrected chi connectivity index (χ3v) is 4.41. The molecule has 2 aromatic carbocycles. The number of hydrogen-bond acceptors (Lipinski definition) is 7. The average molecular weight is 376 g/mol. The highest BCUT2D eigenvalue weighted by molar-refractivity contribution is 6.40. The first-order valence-corrected chi connectivity index (χ1v) is 8.32. The molecule has 6 N–H and O–H groups in total. The van der Waals surface area contributed by atoms with E-state index in [1.54, 1.807) is 24.3 Å². The molecule has 9 nitrogen and oxygen atoms in total. The number of aliphatic hydroxyl groups is 4. The lowest BCUT2D eigenvalue weighted by atomic mass is 9.98. The number of anilines is 1. The molecule has 0 bridgehead atoms. The van der Waals surface area contributed by atoms with E-state index >= 15 is 0 Å². The van der Waals surface area contributed by atoms with Crippen molar-refractivity contribution in [3.05, 3.63) is 42.5 Å². The number of amides is 2. The smallest absolute Gasteiger partial charge is 0.313 e. The summed E-state index contributed by atoms with van der Waals surface area (Å²) in [7, 11) is 0. The molecular formula is C18H20N2O7. The van der Waals surface area contributed by atoms with Crippen LogP contribution >= 0.6 is 0 Å². The van der Waals surface area contributed by atoms with Crippen molar-refractivity contribution in [2.45, 2.75) is 30.6 Å². The second-order valence-corrected chi connectivity index (χ2v) is 6.20. The number of hydrogen-bond donors (Lipinski definition) is 6. The summed E-state index contributed by atoms with van der Waals surface area (Å²) >= 11 is 0. The molecule has 1 saturated heterocycles. The maximum Gasteiger partial charge on any atom is 0.313 e. The zero-order valence-electron chi connectivity index (χ0n) is 14.1. The first-order chi connectivity index (χ1) is 12.9. The van der Waals surface area contributed by atoms with Gasteiger partial charge in [0.15, 0.2) is 6.23 Å². The predicted molar refractivity (Wildman–Crippen MR) is 94.5 cm³/mol. The van der Waals surface area contributed by atoms with Crippen molar-refractivity contribution >= 4 is 28.3 Å². The number of benzene rings is 2. The van der Waals surface area contributed by atoms with Crippen LogP contribution in [0, 0.1) is 0 Å². The van der Waals surface area contributed by atoms with E-state index in [1.807, 2.05) is 18.2 Å². The number of rotatable bonds is 3. The zero-order chi connectivity index (χ0) is 19.6. The molecule has 0 unspecified atom stereocenters. The minimum atomic E-state index is -1.67. The van der Waals surface area contributed by atoms with Crippen molar-refractivity contribution in [2.24, 2.45) is 0 Å². The van der Waals surface area contributed by atoms with Crippen LogP contribution in [0.15, 0.2) is 42.5 Å². The summed E-state index contributed by atoms with van der Waals surface area (Å²) < 4.78 is 5.15. The molecule has 0 spiro atoms. The van der Waals surface area contributed by atoms with Crippen LogP contribution in [0.5, 0.6) is 0 Å². The van der Waals surface area contributed by atoms with Gasteiger partial charge in [0.2, 0.25) is 0 Å². The molecular weight excluding hydrogens is 356 g/mol. The van der Waals surface area contributed by atoms with Crippen LogP contribution in [0.4, 0.5) is 5.69 Å². The fourth-order valence-electron chi connectivity index (χ4n) is 2.93. The molecule has 0 aliphatic carbocycles. The second-order valence-electron chi connectivity index (χ2n) is 6.20. The summed E-state index contributed by atoms with van der Waals surface area (Å²) in [4.78, 5) is 24.4. The highest BCUT2D eigenvalue weighted by atomic mass is 16.6. The maximum atomic E-state index is 12.2. The molecule has 0 aromatic heterocycles. The number of fused-ring (bicyclic) bond motifs is 1. The molecule has 27 heavy (non-hydrogen) atoms. The van der Waals surface area contributed by atoms with Crippen LogP contribution in [0.3, 0.4) is 0 Å². The minimum absolute atomic E-state index is 0.432. The van der Waals surface area contributed by atoms with Gasteiger partial charge < -0.3 is 35.8 Å². The van der Waals surface area contributed by atoms with E-state index in [2.05, 4.69) is 10.6 Å². The Morgan fingerprint density at radius 2 is 1.63 bits per heavy atom. The van der Waals surface area contributed by atoms with Crippen LogP contribution in [-0.4, -0.2) is 69.5 Å².